The molecule has 0 bridgehead atoms. The fraction of sp³-hybridized carbons (Fsp3) is 0.200. The van der Waals surface area contributed by atoms with E-state index in [0.29, 0.717) is 18.0 Å². The fourth-order valence-electron chi connectivity index (χ4n) is 2.95. The predicted molar refractivity (Wildman–Crippen MR) is 95.9 cm³/mol. The molecule has 2 N–H and O–H groups in total. The van der Waals surface area contributed by atoms with E-state index in [9.17, 15) is 4.79 Å². The summed E-state index contributed by atoms with van der Waals surface area (Å²) in [5, 5.41) is 7.18. The third kappa shape index (κ3) is 2.88. The summed E-state index contributed by atoms with van der Waals surface area (Å²) in [5.74, 6) is 0.508. The van der Waals surface area contributed by atoms with Gasteiger partial charge in [0.25, 0.3) is 5.91 Å². The van der Waals surface area contributed by atoms with Gasteiger partial charge >= 0.3 is 0 Å². The second-order valence-electron chi connectivity index (χ2n) is 6.17. The third-order valence-corrected chi connectivity index (χ3v) is 4.45. The molecule has 1 aromatic heterocycles. The largest absolute Gasteiger partial charge is 0.352 e. The molecule has 0 saturated carbocycles. The maximum atomic E-state index is 12.7. The van der Waals surface area contributed by atoms with Crippen molar-refractivity contribution in [2.45, 2.75) is 0 Å². The number of aromatic nitrogens is 1. The van der Waals surface area contributed by atoms with Crippen LogP contribution in [0.3, 0.4) is 0 Å². The summed E-state index contributed by atoms with van der Waals surface area (Å²) in [5.41, 5.74) is 3.37. The monoisotopic (exact) mass is 317 g/mol. The highest BCUT2D eigenvalue weighted by Gasteiger charge is 2.19. The molecule has 0 atom stereocenters. The van der Waals surface area contributed by atoms with E-state index in [0.717, 1.165) is 35.2 Å². The zero-order valence-electron chi connectivity index (χ0n) is 13.3. The average molecular weight is 317 g/mol. The number of amides is 1. The van der Waals surface area contributed by atoms with Crippen molar-refractivity contribution in [3.63, 3.8) is 0 Å². The molecule has 24 heavy (non-hydrogen) atoms. The fourth-order valence-corrected chi connectivity index (χ4v) is 2.95. The van der Waals surface area contributed by atoms with Crippen molar-refractivity contribution < 1.29 is 4.79 Å². The molecule has 4 nitrogen and oxygen atoms in total. The number of benzene rings is 2. The minimum atomic E-state index is -0.0299. The highest BCUT2D eigenvalue weighted by molar-refractivity contribution is 6.07. The van der Waals surface area contributed by atoms with Crippen LogP contribution in [0.25, 0.3) is 22.2 Å². The van der Waals surface area contributed by atoms with Gasteiger partial charge in [0.15, 0.2) is 0 Å². The highest BCUT2D eigenvalue weighted by atomic mass is 16.1. The Bertz CT molecular complexity index is 872. The van der Waals surface area contributed by atoms with Crippen LogP contribution in [0.2, 0.25) is 0 Å². The van der Waals surface area contributed by atoms with E-state index in [1.807, 2.05) is 60.7 Å². The SMILES string of the molecule is O=C(NCC1CNC1)c1cc(-c2ccccc2)nc2ccccc12. The molecular formula is C20H19N3O. The van der Waals surface area contributed by atoms with Crippen molar-refractivity contribution in [2.24, 2.45) is 5.92 Å². The number of hydrogen-bond acceptors (Lipinski definition) is 3. The first-order valence-corrected chi connectivity index (χ1v) is 8.25. The standard InChI is InChI=1S/C20H19N3O/c24-20(22-13-14-11-21-12-14)17-10-19(15-6-2-1-3-7-15)23-18-9-5-4-8-16(17)18/h1-10,14,21H,11-13H2,(H,22,24). The van der Waals surface area contributed by atoms with E-state index < -0.39 is 0 Å². The maximum absolute atomic E-state index is 12.7. The zero-order valence-corrected chi connectivity index (χ0v) is 13.3. The van der Waals surface area contributed by atoms with E-state index in [-0.39, 0.29) is 5.91 Å². The van der Waals surface area contributed by atoms with E-state index in [1.165, 1.54) is 0 Å². The Morgan fingerprint density at radius 2 is 1.83 bits per heavy atom. The molecule has 0 unspecified atom stereocenters. The Balaban J connectivity index is 1.73. The van der Waals surface area contributed by atoms with Crippen molar-refractivity contribution in [3.05, 3.63) is 66.2 Å². The van der Waals surface area contributed by atoms with Crippen LogP contribution in [0.15, 0.2) is 60.7 Å². The summed E-state index contributed by atoms with van der Waals surface area (Å²) in [7, 11) is 0. The molecule has 1 saturated heterocycles. The third-order valence-electron chi connectivity index (χ3n) is 4.45. The van der Waals surface area contributed by atoms with Gasteiger partial charge in [0.2, 0.25) is 0 Å². The van der Waals surface area contributed by atoms with Crippen molar-refractivity contribution in [1.29, 1.82) is 0 Å². The Morgan fingerprint density at radius 3 is 2.58 bits per heavy atom. The number of carbonyl (C=O) groups excluding carboxylic acids is 1. The lowest BCUT2D eigenvalue weighted by Gasteiger charge is -2.27. The molecule has 0 aliphatic carbocycles. The van der Waals surface area contributed by atoms with Crippen LogP contribution in [-0.2, 0) is 0 Å². The first-order chi connectivity index (χ1) is 11.8. The number of rotatable bonds is 4. The molecule has 1 fully saturated rings. The second kappa shape index (κ2) is 6.42. The lowest BCUT2D eigenvalue weighted by atomic mass is 10.0. The van der Waals surface area contributed by atoms with E-state index >= 15 is 0 Å². The number of hydrogen-bond donors (Lipinski definition) is 2. The normalized spacial score (nSPS) is 14.3. The quantitative estimate of drug-likeness (QED) is 0.778. The second-order valence-corrected chi connectivity index (χ2v) is 6.17. The van der Waals surface area contributed by atoms with Crippen LogP contribution in [0, 0.1) is 5.92 Å². The van der Waals surface area contributed by atoms with Gasteiger partial charge in [0.1, 0.15) is 0 Å². The summed E-state index contributed by atoms with van der Waals surface area (Å²) in [6.07, 6.45) is 0. The average Bonchev–Trinajstić information content (AvgIpc) is 2.60. The summed E-state index contributed by atoms with van der Waals surface area (Å²) in [6, 6.07) is 19.7. The molecule has 4 rings (SSSR count). The molecule has 0 spiro atoms. The number of nitrogens with zero attached hydrogens (tertiary/aromatic N) is 1. The number of para-hydroxylation sites is 1. The van der Waals surface area contributed by atoms with E-state index in [1.54, 1.807) is 0 Å². The summed E-state index contributed by atoms with van der Waals surface area (Å²) in [4.78, 5) is 17.4. The smallest absolute Gasteiger partial charge is 0.252 e. The van der Waals surface area contributed by atoms with Crippen molar-refractivity contribution in [3.8, 4) is 11.3 Å². The van der Waals surface area contributed by atoms with Crippen LogP contribution >= 0.6 is 0 Å². The van der Waals surface area contributed by atoms with Crippen LogP contribution in [0.1, 0.15) is 10.4 Å². The van der Waals surface area contributed by atoms with Gasteiger partial charge in [0.05, 0.1) is 16.8 Å². The van der Waals surface area contributed by atoms with Crippen LogP contribution in [0.4, 0.5) is 0 Å². The van der Waals surface area contributed by atoms with Crippen LogP contribution in [-0.4, -0.2) is 30.5 Å². The molecule has 1 aliphatic rings. The Labute approximate surface area is 140 Å². The first kappa shape index (κ1) is 14.8. The summed E-state index contributed by atoms with van der Waals surface area (Å²) < 4.78 is 0. The van der Waals surface area contributed by atoms with Crippen molar-refractivity contribution in [1.82, 2.24) is 15.6 Å². The molecule has 4 heteroatoms. The number of carbonyl (C=O) groups is 1. The summed E-state index contributed by atoms with van der Waals surface area (Å²) in [6.45, 7) is 2.67. The lowest BCUT2D eigenvalue weighted by Crippen LogP contribution is -2.48. The van der Waals surface area contributed by atoms with E-state index in [4.69, 9.17) is 4.98 Å². The van der Waals surface area contributed by atoms with E-state index in [2.05, 4.69) is 10.6 Å². The van der Waals surface area contributed by atoms with Gasteiger partial charge in [-0.25, -0.2) is 4.98 Å². The number of fused-ring (bicyclic) bond motifs is 1. The zero-order chi connectivity index (χ0) is 16.4. The van der Waals surface area contributed by atoms with Crippen LogP contribution in [0.5, 0.6) is 0 Å². The molecule has 2 heterocycles. The highest BCUT2D eigenvalue weighted by Crippen LogP contribution is 2.24. The first-order valence-electron chi connectivity index (χ1n) is 8.25. The molecule has 1 amide bonds. The van der Waals surface area contributed by atoms with Crippen molar-refractivity contribution in [2.75, 3.05) is 19.6 Å². The Hall–Kier alpha value is -2.72. The Kier molecular flexibility index (Phi) is 3.97. The van der Waals surface area contributed by atoms with Gasteiger partial charge in [-0.2, -0.15) is 0 Å². The van der Waals surface area contributed by atoms with Gasteiger partial charge < -0.3 is 10.6 Å². The van der Waals surface area contributed by atoms with Gasteiger partial charge in [-0.1, -0.05) is 48.5 Å². The predicted octanol–water partition coefficient (Wildman–Crippen LogP) is 2.85. The van der Waals surface area contributed by atoms with Crippen molar-refractivity contribution >= 4 is 16.8 Å². The number of pyridine rings is 1. The molecular weight excluding hydrogens is 298 g/mol. The van der Waals surface area contributed by atoms with Gasteiger partial charge in [-0.15, -0.1) is 0 Å². The summed E-state index contributed by atoms with van der Waals surface area (Å²) >= 11 is 0. The molecule has 1 aliphatic heterocycles. The molecule has 3 aromatic rings. The molecule has 120 valence electrons. The van der Waals surface area contributed by atoms with Gasteiger partial charge in [-0.05, 0) is 12.1 Å². The molecule has 2 aromatic carbocycles. The molecule has 0 radical (unpaired) electrons. The minimum Gasteiger partial charge on any atom is -0.352 e. The lowest BCUT2D eigenvalue weighted by molar-refractivity contribution is 0.0944. The maximum Gasteiger partial charge on any atom is 0.252 e. The van der Waals surface area contributed by atoms with Gasteiger partial charge in [0, 0.05) is 36.5 Å². The minimum absolute atomic E-state index is 0.0299. The Morgan fingerprint density at radius 1 is 1.08 bits per heavy atom. The van der Waals surface area contributed by atoms with Gasteiger partial charge in [-0.3, -0.25) is 4.79 Å². The topological polar surface area (TPSA) is 54.0 Å². The van der Waals surface area contributed by atoms with Crippen LogP contribution < -0.4 is 10.6 Å². The number of nitrogens with one attached hydrogen (secondary N) is 2.